The highest BCUT2D eigenvalue weighted by molar-refractivity contribution is 6.23. The first-order chi connectivity index (χ1) is 9.18. The Morgan fingerprint density at radius 2 is 1.63 bits per heavy atom. The average Bonchev–Trinajstić information content (AvgIpc) is 2.85. The van der Waals surface area contributed by atoms with Crippen LogP contribution >= 0.6 is 11.6 Å². The lowest BCUT2D eigenvalue weighted by molar-refractivity contribution is 0.514. The monoisotopic (exact) mass is 270 g/mol. The summed E-state index contributed by atoms with van der Waals surface area (Å²) >= 11 is 6.62. The largest absolute Gasteiger partial charge is 0.467 e. The third-order valence-corrected chi connectivity index (χ3v) is 4.01. The van der Waals surface area contributed by atoms with Gasteiger partial charge >= 0.3 is 0 Å². The van der Waals surface area contributed by atoms with Gasteiger partial charge in [-0.2, -0.15) is 0 Å². The number of alkyl halides is 1. The minimum absolute atomic E-state index is 0.250. The Morgan fingerprint density at radius 1 is 0.895 bits per heavy atom. The van der Waals surface area contributed by atoms with Gasteiger partial charge in [-0.25, -0.2) is 0 Å². The Kier molecular flexibility index (Phi) is 3.08. The summed E-state index contributed by atoms with van der Waals surface area (Å²) in [5.41, 5.74) is 3.45. The molecule has 3 rings (SSSR count). The standard InChI is InChI=1S/C17H15ClO/c1-11-7-8-15(14-6-4-3-5-13(11)14)16(18)17-12(2)9-10-19-17/h3-10,16H,1-2H3. The molecule has 1 atom stereocenters. The van der Waals surface area contributed by atoms with Gasteiger partial charge in [0, 0.05) is 0 Å². The summed E-state index contributed by atoms with van der Waals surface area (Å²) in [5.74, 6) is 0.829. The van der Waals surface area contributed by atoms with Gasteiger partial charge in [-0.05, 0) is 47.4 Å². The molecule has 0 fully saturated rings. The van der Waals surface area contributed by atoms with E-state index in [2.05, 4.69) is 37.3 Å². The second kappa shape index (κ2) is 4.75. The molecule has 0 amide bonds. The van der Waals surface area contributed by atoms with Crippen molar-refractivity contribution in [3.8, 4) is 0 Å². The van der Waals surface area contributed by atoms with Gasteiger partial charge in [-0.1, -0.05) is 36.4 Å². The van der Waals surface area contributed by atoms with E-state index in [4.69, 9.17) is 16.0 Å². The van der Waals surface area contributed by atoms with Crippen LogP contribution in [0.5, 0.6) is 0 Å². The Morgan fingerprint density at radius 3 is 2.32 bits per heavy atom. The predicted octanol–water partition coefficient (Wildman–Crippen LogP) is 5.38. The van der Waals surface area contributed by atoms with E-state index >= 15 is 0 Å². The summed E-state index contributed by atoms with van der Waals surface area (Å²) in [4.78, 5) is 0. The fourth-order valence-corrected chi connectivity index (χ4v) is 2.89. The van der Waals surface area contributed by atoms with E-state index in [1.54, 1.807) is 6.26 Å². The molecule has 1 heterocycles. The Hall–Kier alpha value is -1.73. The minimum Gasteiger partial charge on any atom is -0.467 e. The molecule has 96 valence electrons. The highest BCUT2D eigenvalue weighted by Crippen LogP contribution is 2.36. The third-order valence-electron chi connectivity index (χ3n) is 3.58. The van der Waals surface area contributed by atoms with Crippen LogP contribution in [0.25, 0.3) is 10.8 Å². The van der Waals surface area contributed by atoms with Crippen LogP contribution in [0.2, 0.25) is 0 Å². The molecule has 0 saturated carbocycles. The second-order valence-electron chi connectivity index (χ2n) is 4.85. The number of hydrogen-bond donors (Lipinski definition) is 0. The molecule has 1 nitrogen and oxygen atoms in total. The molecule has 1 aromatic heterocycles. The zero-order valence-corrected chi connectivity index (χ0v) is 11.7. The molecule has 2 heteroatoms. The molecule has 0 saturated heterocycles. The van der Waals surface area contributed by atoms with Crippen molar-refractivity contribution in [1.29, 1.82) is 0 Å². The number of aryl methyl sites for hydroxylation is 2. The molecule has 0 spiro atoms. The van der Waals surface area contributed by atoms with E-state index in [1.807, 2.05) is 19.1 Å². The van der Waals surface area contributed by atoms with Gasteiger partial charge in [-0.3, -0.25) is 0 Å². The minimum atomic E-state index is -0.250. The average molecular weight is 271 g/mol. The second-order valence-corrected chi connectivity index (χ2v) is 5.28. The lowest BCUT2D eigenvalue weighted by Crippen LogP contribution is -1.95. The van der Waals surface area contributed by atoms with Crippen LogP contribution in [-0.2, 0) is 0 Å². The molecule has 0 bridgehead atoms. The summed E-state index contributed by atoms with van der Waals surface area (Å²) in [7, 11) is 0. The first kappa shape index (κ1) is 12.3. The molecule has 2 aromatic carbocycles. The molecular weight excluding hydrogens is 256 g/mol. The summed E-state index contributed by atoms with van der Waals surface area (Å²) in [6.07, 6.45) is 1.69. The maximum atomic E-state index is 6.62. The molecular formula is C17H15ClO. The van der Waals surface area contributed by atoms with Gasteiger partial charge in [0.15, 0.2) is 0 Å². The fraction of sp³-hybridized carbons (Fsp3) is 0.176. The number of fused-ring (bicyclic) bond motifs is 1. The molecule has 0 radical (unpaired) electrons. The van der Waals surface area contributed by atoms with Gasteiger partial charge in [0.25, 0.3) is 0 Å². The van der Waals surface area contributed by atoms with Crippen LogP contribution in [0, 0.1) is 13.8 Å². The Labute approximate surface area is 117 Å². The number of halogens is 1. The zero-order chi connectivity index (χ0) is 13.4. The molecule has 19 heavy (non-hydrogen) atoms. The summed E-state index contributed by atoms with van der Waals surface area (Å²) in [6.45, 7) is 4.14. The first-order valence-electron chi connectivity index (χ1n) is 6.35. The maximum absolute atomic E-state index is 6.62. The van der Waals surface area contributed by atoms with Crippen molar-refractivity contribution in [1.82, 2.24) is 0 Å². The van der Waals surface area contributed by atoms with E-state index in [-0.39, 0.29) is 5.38 Å². The third kappa shape index (κ3) is 2.04. The summed E-state index contributed by atoms with van der Waals surface area (Å²) in [5, 5.41) is 2.19. The van der Waals surface area contributed by atoms with Crippen molar-refractivity contribution in [3.63, 3.8) is 0 Å². The summed E-state index contributed by atoms with van der Waals surface area (Å²) in [6, 6.07) is 14.5. The van der Waals surface area contributed by atoms with E-state index in [9.17, 15) is 0 Å². The van der Waals surface area contributed by atoms with Crippen LogP contribution in [0.15, 0.2) is 53.1 Å². The van der Waals surface area contributed by atoms with Gasteiger partial charge in [-0.15, -0.1) is 11.6 Å². The lowest BCUT2D eigenvalue weighted by atomic mass is 9.97. The predicted molar refractivity (Wildman–Crippen MR) is 79.8 cm³/mol. The summed E-state index contributed by atoms with van der Waals surface area (Å²) < 4.78 is 5.53. The molecule has 0 aliphatic heterocycles. The van der Waals surface area contributed by atoms with Crippen molar-refractivity contribution >= 4 is 22.4 Å². The van der Waals surface area contributed by atoms with Gasteiger partial charge in [0.2, 0.25) is 0 Å². The number of rotatable bonds is 2. The topological polar surface area (TPSA) is 13.1 Å². The number of hydrogen-bond acceptors (Lipinski definition) is 1. The van der Waals surface area contributed by atoms with Crippen LogP contribution in [0.4, 0.5) is 0 Å². The highest BCUT2D eigenvalue weighted by atomic mass is 35.5. The van der Waals surface area contributed by atoms with Crippen LogP contribution in [0.3, 0.4) is 0 Å². The van der Waals surface area contributed by atoms with E-state index in [0.29, 0.717) is 0 Å². The lowest BCUT2D eigenvalue weighted by Gasteiger charge is -2.13. The van der Waals surface area contributed by atoms with Crippen LogP contribution in [-0.4, -0.2) is 0 Å². The number of furan rings is 1. The molecule has 3 aromatic rings. The first-order valence-corrected chi connectivity index (χ1v) is 6.78. The highest BCUT2D eigenvalue weighted by Gasteiger charge is 2.19. The van der Waals surface area contributed by atoms with Crippen molar-refractivity contribution < 1.29 is 4.42 Å². The smallest absolute Gasteiger partial charge is 0.129 e. The Balaban J connectivity index is 2.21. The molecule has 0 aliphatic carbocycles. The van der Waals surface area contributed by atoms with Crippen molar-refractivity contribution in [2.75, 3.05) is 0 Å². The van der Waals surface area contributed by atoms with Crippen LogP contribution in [0.1, 0.15) is 27.8 Å². The van der Waals surface area contributed by atoms with Gasteiger partial charge < -0.3 is 4.42 Å². The van der Waals surface area contributed by atoms with Crippen LogP contribution < -0.4 is 0 Å². The van der Waals surface area contributed by atoms with Crippen molar-refractivity contribution in [2.24, 2.45) is 0 Å². The fourth-order valence-electron chi connectivity index (χ4n) is 2.48. The Bertz CT molecular complexity index is 727. The molecule has 0 N–H and O–H groups in total. The van der Waals surface area contributed by atoms with Gasteiger partial charge in [0.1, 0.15) is 11.1 Å². The maximum Gasteiger partial charge on any atom is 0.129 e. The van der Waals surface area contributed by atoms with Crippen molar-refractivity contribution in [2.45, 2.75) is 19.2 Å². The molecule has 1 unspecified atom stereocenters. The zero-order valence-electron chi connectivity index (χ0n) is 11.0. The quantitative estimate of drug-likeness (QED) is 0.570. The normalized spacial score (nSPS) is 12.8. The van der Waals surface area contributed by atoms with E-state index in [1.165, 1.54) is 16.3 Å². The van der Waals surface area contributed by atoms with Gasteiger partial charge in [0.05, 0.1) is 6.26 Å². The van der Waals surface area contributed by atoms with E-state index < -0.39 is 0 Å². The SMILES string of the molecule is Cc1ccoc1C(Cl)c1ccc(C)c2ccccc12. The molecule has 0 aliphatic rings. The van der Waals surface area contributed by atoms with E-state index in [0.717, 1.165) is 16.9 Å². The number of benzene rings is 2. The van der Waals surface area contributed by atoms with Crippen molar-refractivity contribution in [3.05, 3.63) is 71.2 Å².